The minimum absolute atomic E-state index is 0.00599. The molecule has 0 bridgehead atoms. The molecule has 2 saturated heterocycles. The average Bonchev–Trinajstić information content (AvgIpc) is 2.80. The van der Waals surface area contributed by atoms with E-state index in [0.717, 1.165) is 5.69 Å². The highest BCUT2D eigenvalue weighted by molar-refractivity contribution is 5.95. The van der Waals surface area contributed by atoms with Crippen molar-refractivity contribution in [2.75, 3.05) is 65.0 Å². The van der Waals surface area contributed by atoms with Crippen molar-refractivity contribution in [3.05, 3.63) is 30.3 Å². The van der Waals surface area contributed by atoms with Gasteiger partial charge in [0.05, 0.1) is 32.8 Å². The van der Waals surface area contributed by atoms with Gasteiger partial charge in [0.1, 0.15) is 12.2 Å². The van der Waals surface area contributed by atoms with E-state index >= 15 is 0 Å². The topological polar surface area (TPSA) is 62.3 Å². The molecule has 0 aliphatic carbocycles. The van der Waals surface area contributed by atoms with Crippen molar-refractivity contribution in [1.29, 1.82) is 0 Å². The number of likely N-dealkylation sites (N-methyl/N-ethyl adjacent to an activating group) is 1. The molecule has 1 aromatic rings. The van der Waals surface area contributed by atoms with Gasteiger partial charge in [-0.2, -0.15) is 0 Å². The van der Waals surface area contributed by atoms with Crippen LogP contribution in [0.15, 0.2) is 30.3 Å². The molecule has 1 spiro atoms. The zero-order valence-corrected chi connectivity index (χ0v) is 14.8. The molecule has 2 aliphatic heterocycles. The molecule has 0 N–H and O–H groups in total. The minimum atomic E-state index is -0.692. The molecule has 136 valence electrons. The highest BCUT2D eigenvalue weighted by Crippen LogP contribution is 2.27. The van der Waals surface area contributed by atoms with Crippen LogP contribution in [0.25, 0.3) is 0 Å². The van der Waals surface area contributed by atoms with Gasteiger partial charge in [-0.25, -0.2) is 0 Å². The average molecular weight is 347 g/mol. The Balaban J connectivity index is 1.79. The molecule has 2 heterocycles. The molecule has 7 nitrogen and oxygen atoms in total. The third-order valence-corrected chi connectivity index (χ3v) is 4.47. The summed E-state index contributed by atoms with van der Waals surface area (Å²) in [5.41, 5.74) is 0.146. The molecule has 1 unspecified atom stereocenters. The van der Waals surface area contributed by atoms with E-state index < -0.39 is 5.60 Å². The summed E-state index contributed by atoms with van der Waals surface area (Å²) in [6.07, 6.45) is 0. The Kier molecular flexibility index (Phi) is 5.36. The van der Waals surface area contributed by atoms with E-state index in [1.807, 2.05) is 49.3 Å². The highest BCUT2D eigenvalue weighted by Gasteiger charge is 2.44. The third kappa shape index (κ3) is 4.18. The minimum Gasteiger partial charge on any atom is -0.376 e. The molecule has 7 heteroatoms. The van der Waals surface area contributed by atoms with Gasteiger partial charge in [-0.05, 0) is 26.2 Å². The Morgan fingerprint density at radius 2 is 2.00 bits per heavy atom. The Labute approximate surface area is 148 Å². The maximum Gasteiger partial charge on any atom is 0.253 e. The van der Waals surface area contributed by atoms with Gasteiger partial charge in [0.25, 0.3) is 5.91 Å². The zero-order chi connectivity index (χ0) is 17.9. The molecule has 1 aromatic carbocycles. The normalized spacial score (nSPS) is 24.7. The number of carbonyl (C=O) groups is 2. The van der Waals surface area contributed by atoms with Gasteiger partial charge in [0.2, 0.25) is 5.91 Å². The molecule has 2 fully saturated rings. The number of anilines is 1. The largest absolute Gasteiger partial charge is 0.376 e. The molecule has 3 rings (SSSR count). The number of ether oxygens (including phenoxy) is 2. The number of para-hydroxylation sites is 1. The van der Waals surface area contributed by atoms with E-state index in [1.165, 1.54) is 0 Å². The Hall–Kier alpha value is -1.96. The SMILES string of the molecule is CN(C)CC(=O)N1CCOCC2(C1)CN(c1ccccc1)C(=O)CO2. The van der Waals surface area contributed by atoms with Crippen LogP contribution in [0.4, 0.5) is 5.69 Å². The standard InChI is InChI=1S/C18H25N3O4/c1-19(2)10-16(22)20-8-9-24-14-18(12-20)13-21(17(23)11-25-18)15-6-4-3-5-7-15/h3-7H,8-14H2,1-2H3. The molecule has 2 aliphatic rings. The predicted molar refractivity (Wildman–Crippen MR) is 93.4 cm³/mol. The first kappa shape index (κ1) is 17.8. The number of nitrogens with zero attached hydrogens (tertiary/aromatic N) is 3. The first-order valence-electron chi connectivity index (χ1n) is 8.49. The van der Waals surface area contributed by atoms with Crippen LogP contribution >= 0.6 is 0 Å². The predicted octanol–water partition coefficient (Wildman–Crippen LogP) is 0.209. The zero-order valence-electron chi connectivity index (χ0n) is 14.8. The van der Waals surface area contributed by atoms with Crippen LogP contribution in [0.5, 0.6) is 0 Å². The quantitative estimate of drug-likeness (QED) is 0.782. The van der Waals surface area contributed by atoms with Gasteiger partial charge in [0, 0.05) is 12.2 Å². The van der Waals surface area contributed by atoms with Crippen molar-refractivity contribution in [3.8, 4) is 0 Å². The van der Waals surface area contributed by atoms with Gasteiger partial charge in [-0.15, -0.1) is 0 Å². The molecule has 0 saturated carbocycles. The summed E-state index contributed by atoms with van der Waals surface area (Å²) < 4.78 is 11.6. The summed E-state index contributed by atoms with van der Waals surface area (Å²) >= 11 is 0. The van der Waals surface area contributed by atoms with Crippen LogP contribution in [0, 0.1) is 0 Å². The fraction of sp³-hybridized carbons (Fsp3) is 0.556. The molecule has 2 amide bonds. The lowest BCUT2D eigenvalue weighted by Crippen LogP contribution is -2.61. The van der Waals surface area contributed by atoms with Crippen molar-refractivity contribution < 1.29 is 19.1 Å². The number of amides is 2. The van der Waals surface area contributed by atoms with Gasteiger partial charge >= 0.3 is 0 Å². The third-order valence-electron chi connectivity index (χ3n) is 4.47. The van der Waals surface area contributed by atoms with Crippen molar-refractivity contribution in [1.82, 2.24) is 9.80 Å². The number of benzene rings is 1. The smallest absolute Gasteiger partial charge is 0.253 e. The van der Waals surface area contributed by atoms with E-state index in [0.29, 0.717) is 39.4 Å². The van der Waals surface area contributed by atoms with Gasteiger partial charge in [-0.3, -0.25) is 9.59 Å². The summed E-state index contributed by atoms with van der Waals surface area (Å²) in [5, 5.41) is 0. The summed E-state index contributed by atoms with van der Waals surface area (Å²) in [6.45, 7) is 2.53. The molecule has 0 radical (unpaired) electrons. The van der Waals surface area contributed by atoms with Crippen LogP contribution in [0.3, 0.4) is 0 Å². The Morgan fingerprint density at radius 3 is 2.72 bits per heavy atom. The maximum atomic E-state index is 12.5. The van der Waals surface area contributed by atoms with E-state index in [4.69, 9.17) is 9.47 Å². The maximum absolute atomic E-state index is 12.5. The lowest BCUT2D eigenvalue weighted by molar-refractivity contribution is -0.149. The van der Waals surface area contributed by atoms with E-state index in [-0.39, 0.29) is 18.4 Å². The van der Waals surface area contributed by atoms with Crippen LogP contribution in [-0.4, -0.2) is 87.3 Å². The van der Waals surface area contributed by atoms with Crippen molar-refractivity contribution in [3.63, 3.8) is 0 Å². The monoisotopic (exact) mass is 347 g/mol. The fourth-order valence-corrected chi connectivity index (χ4v) is 3.23. The molecule has 0 aromatic heterocycles. The fourth-order valence-electron chi connectivity index (χ4n) is 3.23. The number of morpholine rings is 1. The summed E-state index contributed by atoms with van der Waals surface area (Å²) in [5.74, 6) is -0.0334. The Bertz CT molecular complexity index is 622. The molecule has 25 heavy (non-hydrogen) atoms. The van der Waals surface area contributed by atoms with E-state index in [2.05, 4.69) is 0 Å². The summed E-state index contributed by atoms with van der Waals surface area (Å²) in [6, 6.07) is 9.54. The summed E-state index contributed by atoms with van der Waals surface area (Å²) in [4.78, 5) is 30.2. The van der Waals surface area contributed by atoms with Gasteiger partial charge in [-0.1, -0.05) is 18.2 Å². The Morgan fingerprint density at radius 1 is 1.24 bits per heavy atom. The second-order valence-corrected chi connectivity index (χ2v) is 6.89. The van der Waals surface area contributed by atoms with Crippen LogP contribution in [0.2, 0.25) is 0 Å². The van der Waals surface area contributed by atoms with E-state index in [9.17, 15) is 9.59 Å². The number of hydrogen-bond donors (Lipinski definition) is 0. The van der Waals surface area contributed by atoms with E-state index in [1.54, 1.807) is 9.80 Å². The van der Waals surface area contributed by atoms with Crippen LogP contribution < -0.4 is 4.90 Å². The molecule has 1 atom stereocenters. The lowest BCUT2D eigenvalue weighted by atomic mass is 10.0. The highest BCUT2D eigenvalue weighted by atomic mass is 16.6. The van der Waals surface area contributed by atoms with Crippen molar-refractivity contribution in [2.45, 2.75) is 5.60 Å². The summed E-state index contributed by atoms with van der Waals surface area (Å²) in [7, 11) is 3.74. The van der Waals surface area contributed by atoms with Gasteiger partial charge < -0.3 is 24.2 Å². The lowest BCUT2D eigenvalue weighted by Gasteiger charge is -2.43. The first-order chi connectivity index (χ1) is 12.0. The van der Waals surface area contributed by atoms with Crippen molar-refractivity contribution in [2.24, 2.45) is 0 Å². The second kappa shape index (κ2) is 7.51. The number of carbonyl (C=O) groups excluding carboxylic acids is 2. The number of rotatable bonds is 3. The second-order valence-electron chi connectivity index (χ2n) is 6.89. The van der Waals surface area contributed by atoms with Crippen molar-refractivity contribution >= 4 is 17.5 Å². The van der Waals surface area contributed by atoms with Crippen LogP contribution in [0.1, 0.15) is 0 Å². The number of hydrogen-bond acceptors (Lipinski definition) is 5. The van der Waals surface area contributed by atoms with Gasteiger partial charge in [0.15, 0.2) is 0 Å². The molecular formula is C18H25N3O4. The first-order valence-corrected chi connectivity index (χ1v) is 8.49. The molecular weight excluding hydrogens is 322 g/mol. The van der Waals surface area contributed by atoms with Crippen LogP contribution in [-0.2, 0) is 19.1 Å².